The third-order valence-corrected chi connectivity index (χ3v) is 5.08. The fourth-order valence-corrected chi connectivity index (χ4v) is 3.35. The molecule has 0 atom stereocenters. The van der Waals surface area contributed by atoms with E-state index in [9.17, 15) is 14.4 Å². The second kappa shape index (κ2) is 9.33. The third kappa shape index (κ3) is 5.31. The van der Waals surface area contributed by atoms with Crippen molar-refractivity contribution in [3.8, 4) is 0 Å². The van der Waals surface area contributed by atoms with Crippen LogP contribution in [-0.2, 0) is 22.7 Å². The topological polar surface area (TPSA) is 75.7 Å². The minimum Gasteiger partial charge on any atom is -0.374 e. The number of fused-ring (bicyclic) bond motifs is 1. The Bertz CT molecular complexity index is 925. The number of ether oxygens (including phenoxy) is 1. The van der Waals surface area contributed by atoms with Crippen LogP contribution in [0.3, 0.4) is 0 Å². The predicted molar refractivity (Wildman–Crippen MR) is 112 cm³/mol. The number of hydrogen-bond acceptors (Lipinski definition) is 4. The molecule has 3 rings (SSSR count). The average molecular weight is 459 g/mol. The largest absolute Gasteiger partial charge is 0.374 e. The number of benzene rings is 2. The van der Waals surface area contributed by atoms with Gasteiger partial charge in [0.15, 0.2) is 0 Å². The van der Waals surface area contributed by atoms with E-state index in [-0.39, 0.29) is 36.8 Å². The molecule has 0 radical (unpaired) electrons. The molecule has 152 valence electrons. The molecule has 0 saturated carbocycles. The van der Waals surface area contributed by atoms with Crippen molar-refractivity contribution in [2.45, 2.75) is 39.5 Å². The maximum absolute atomic E-state index is 12.4. The van der Waals surface area contributed by atoms with Gasteiger partial charge in [-0.1, -0.05) is 40.2 Å². The first-order valence-corrected chi connectivity index (χ1v) is 10.3. The van der Waals surface area contributed by atoms with E-state index in [0.717, 1.165) is 20.5 Å². The van der Waals surface area contributed by atoms with E-state index in [2.05, 4.69) is 21.2 Å². The highest BCUT2D eigenvalue weighted by atomic mass is 79.9. The molecular weight excluding hydrogens is 436 g/mol. The van der Waals surface area contributed by atoms with E-state index < -0.39 is 0 Å². The van der Waals surface area contributed by atoms with Crippen molar-refractivity contribution < 1.29 is 19.1 Å². The molecule has 0 spiro atoms. The number of amides is 3. The van der Waals surface area contributed by atoms with Gasteiger partial charge in [-0.25, -0.2) is 0 Å². The Morgan fingerprint density at radius 3 is 2.38 bits per heavy atom. The van der Waals surface area contributed by atoms with Gasteiger partial charge in [0.25, 0.3) is 11.8 Å². The first-order valence-electron chi connectivity index (χ1n) is 9.47. The number of rotatable bonds is 8. The lowest BCUT2D eigenvalue weighted by Crippen LogP contribution is -2.34. The summed E-state index contributed by atoms with van der Waals surface area (Å²) in [5.41, 5.74) is 2.79. The molecule has 0 unspecified atom stereocenters. The SMILES string of the molecule is CC(C)OCc1ccc(CNC(=O)CCN2C(=O)c3ccc(Br)cc3C2=O)cc1. The molecule has 1 aliphatic rings. The van der Waals surface area contributed by atoms with Gasteiger partial charge in [0, 0.05) is 24.0 Å². The van der Waals surface area contributed by atoms with Gasteiger partial charge in [-0.05, 0) is 43.2 Å². The smallest absolute Gasteiger partial charge is 0.261 e. The van der Waals surface area contributed by atoms with Crippen LogP contribution in [-0.4, -0.2) is 35.3 Å². The Morgan fingerprint density at radius 2 is 1.69 bits per heavy atom. The summed E-state index contributed by atoms with van der Waals surface area (Å²) in [5.74, 6) is -0.933. The molecule has 1 N–H and O–H groups in total. The summed E-state index contributed by atoms with van der Waals surface area (Å²) in [6.07, 6.45) is 0.241. The molecule has 0 bridgehead atoms. The molecule has 1 heterocycles. The fourth-order valence-electron chi connectivity index (χ4n) is 2.98. The van der Waals surface area contributed by atoms with Gasteiger partial charge >= 0.3 is 0 Å². The molecule has 2 aromatic carbocycles. The molecule has 7 heteroatoms. The van der Waals surface area contributed by atoms with Gasteiger partial charge in [-0.2, -0.15) is 0 Å². The van der Waals surface area contributed by atoms with Crippen LogP contribution in [0.25, 0.3) is 0 Å². The summed E-state index contributed by atoms with van der Waals surface area (Å²) < 4.78 is 6.30. The van der Waals surface area contributed by atoms with Crippen LogP contribution in [0.5, 0.6) is 0 Å². The number of carbonyl (C=O) groups excluding carboxylic acids is 3. The van der Waals surface area contributed by atoms with E-state index >= 15 is 0 Å². The van der Waals surface area contributed by atoms with E-state index in [4.69, 9.17) is 4.74 Å². The maximum atomic E-state index is 12.4. The Hall–Kier alpha value is -2.51. The Kier molecular flexibility index (Phi) is 6.82. The highest BCUT2D eigenvalue weighted by molar-refractivity contribution is 9.10. The number of halogens is 1. The van der Waals surface area contributed by atoms with Crippen LogP contribution in [0.4, 0.5) is 0 Å². The summed E-state index contributed by atoms with van der Waals surface area (Å²) in [4.78, 5) is 38.1. The molecular formula is C22H23BrN2O4. The van der Waals surface area contributed by atoms with Crippen LogP contribution in [0.2, 0.25) is 0 Å². The lowest BCUT2D eigenvalue weighted by atomic mass is 10.1. The molecule has 0 aromatic heterocycles. The van der Waals surface area contributed by atoms with Gasteiger partial charge in [0.2, 0.25) is 5.91 Å². The molecule has 2 aromatic rings. The molecule has 0 saturated heterocycles. The lowest BCUT2D eigenvalue weighted by molar-refractivity contribution is -0.121. The lowest BCUT2D eigenvalue weighted by Gasteiger charge is -2.13. The molecule has 1 aliphatic heterocycles. The summed E-state index contributed by atoms with van der Waals surface area (Å²) in [7, 11) is 0. The fraction of sp³-hybridized carbons (Fsp3) is 0.318. The quantitative estimate of drug-likeness (QED) is 0.612. The second-order valence-corrected chi connectivity index (χ2v) is 8.07. The van der Waals surface area contributed by atoms with Crippen molar-refractivity contribution in [1.29, 1.82) is 0 Å². The van der Waals surface area contributed by atoms with Gasteiger partial charge in [0.1, 0.15) is 0 Å². The number of imide groups is 1. The number of hydrogen-bond donors (Lipinski definition) is 1. The molecule has 0 aliphatic carbocycles. The zero-order valence-corrected chi connectivity index (χ0v) is 18.0. The van der Waals surface area contributed by atoms with Crippen LogP contribution in [0.15, 0.2) is 46.9 Å². The summed E-state index contributed by atoms with van der Waals surface area (Å²) >= 11 is 3.30. The van der Waals surface area contributed by atoms with Gasteiger partial charge in [0.05, 0.1) is 23.8 Å². The van der Waals surface area contributed by atoms with E-state index in [0.29, 0.717) is 24.3 Å². The predicted octanol–water partition coefficient (Wildman–Crippen LogP) is 3.68. The Morgan fingerprint density at radius 1 is 1.03 bits per heavy atom. The van der Waals surface area contributed by atoms with Crippen LogP contribution in [0, 0.1) is 0 Å². The highest BCUT2D eigenvalue weighted by Crippen LogP contribution is 2.26. The number of carbonyl (C=O) groups is 3. The summed E-state index contributed by atoms with van der Waals surface area (Å²) in [5, 5.41) is 2.83. The Labute approximate surface area is 178 Å². The zero-order chi connectivity index (χ0) is 21.0. The van der Waals surface area contributed by atoms with Crippen LogP contribution < -0.4 is 5.32 Å². The average Bonchev–Trinajstić information content (AvgIpc) is 2.93. The van der Waals surface area contributed by atoms with Crippen LogP contribution in [0.1, 0.15) is 52.1 Å². The van der Waals surface area contributed by atoms with Crippen molar-refractivity contribution in [1.82, 2.24) is 10.2 Å². The first-order chi connectivity index (χ1) is 13.8. The van der Waals surface area contributed by atoms with Crippen molar-refractivity contribution in [2.75, 3.05) is 6.54 Å². The molecule has 29 heavy (non-hydrogen) atoms. The maximum Gasteiger partial charge on any atom is 0.261 e. The van der Waals surface area contributed by atoms with Crippen molar-refractivity contribution in [3.05, 3.63) is 69.2 Å². The minimum atomic E-state index is -0.363. The summed E-state index contributed by atoms with van der Waals surface area (Å²) in [6, 6.07) is 12.8. The van der Waals surface area contributed by atoms with Gasteiger partial charge in [-0.15, -0.1) is 0 Å². The van der Waals surface area contributed by atoms with Gasteiger partial charge < -0.3 is 10.1 Å². The Balaban J connectivity index is 1.47. The van der Waals surface area contributed by atoms with Crippen molar-refractivity contribution >= 4 is 33.7 Å². The van der Waals surface area contributed by atoms with Gasteiger partial charge in [-0.3, -0.25) is 19.3 Å². The monoisotopic (exact) mass is 458 g/mol. The minimum absolute atomic E-state index is 0.0568. The van der Waals surface area contributed by atoms with Crippen LogP contribution >= 0.6 is 15.9 Å². The second-order valence-electron chi connectivity index (χ2n) is 7.15. The molecule has 6 nitrogen and oxygen atoms in total. The van der Waals surface area contributed by atoms with Crippen molar-refractivity contribution in [3.63, 3.8) is 0 Å². The molecule has 3 amide bonds. The number of nitrogens with zero attached hydrogens (tertiary/aromatic N) is 1. The standard InChI is InChI=1S/C22H23BrN2O4/c1-14(2)29-13-16-5-3-15(4-6-16)12-24-20(26)9-10-25-21(27)18-8-7-17(23)11-19(18)22(25)28/h3-8,11,14H,9-10,12-13H2,1-2H3,(H,24,26). The van der Waals surface area contributed by atoms with Crippen molar-refractivity contribution in [2.24, 2.45) is 0 Å². The first kappa shape index (κ1) is 21.2. The zero-order valence-electron chi connectivity index (χ0n) is 16.4. The van der Waals surface area contributed by atoms with E-state index in [1.54, 1.807) is 18.2 Å². The third-order valence-electron chi connectivity index (χ3n) is 4.59. The van der Waals surface area contributed by atoms with E-state index in [1.807, 2.05) is 38.1 Å². The highest BCUT2D eigenvalue weighted by Gasteiger charge is 2.35. The summed E-state index contributed by atoms with van der Waals surface area (Å²) in [6.45, 7) is 4.98. The number of nitrogens with one attached hydrogen (secondary N) is 1. The van der Waals surface area contributed by atoms with E-state index in [1.165, 1.54) is 0 Å². The normalized spacial score (nSPS) is 13.2. The molecule has 0 fully saturated rings.